The van der Waals surface area contributed by atoms with E-state index in [-0.39, 0.29) is 5.82 Å². The fraction of sp³-hybridized carbons (Fsp3) is 0.200. The topological polar surface area (TPSA) is 60.5 Å². The van der Waals surface area contributed by atoms with Crippen LogP contribution in [-0.2, 0) is 11.3 Å². The molecule has 21 heavy (non-hydrogen) atoms. The lowest BCUT2D eigenvalue weighted by Crippen LogP contribution is -2.06. The number of ether oxygens (including phenoxy) is 2. The average Bonchev–Trinajstić information content (AvgIpc) is 2.53. The van der Waals surface area contributed by atoms with E-state index in [2.05, 4.69) is 15.0 Å². The monoisotopic (exact) mass is 290 g/mol. The van der Waals surface area contributed by atoms with Crippen molar-refractivity contribution in [3.63, 3.8) is 0 Å². The van der Waals surface area contributed by atoms with Crippen molar-refractivity contribution in [2.24, 2.45) is 0 Å². The van der Waals surface area contributed by atoms with E-state index in [1.165, 1.54) is 32.5 Å². The van der Waals surface area contributed by atoms with E-state index >= 15 is 0 Å². The number of aromatic nitrogens is 1. The van der Waals surface area contributed by atoms with Crippen molar-refractivity contribution < 1.29 is 18.7 Å². The molecule has 110 valence electrons. The number of pyridine rings is 1. The largest absolute Gasteiger partial charge is 0.496 e. The van der Waals surface area contributed by atoms with Crippen LogP contribution in [0.5, 0.6) is 5.75 Å². The lowest BCUT2D eigenvalue weighted by atomic mass is 10.2. The smallest absolute Gasteiger partial charge is 0.338 e. The minimum absolute atomic E-state index is 0.360. The molecule has 0 bridgehead atoms. The number of carbonyl (C=O) groups excluding carboxylic acids is 1. The van der Waals surface area contributed by atoms with Gasteiger partial charge in [-0.15, -0.1) is 0 Å². The molecule has 2 aromatic rings. The highest BCUT2D eigenvalue weighted by molar-refractivity contribution is 5.89. The predicted octanol–water partition coefficient (Wildman–Crippen LogP) is 2.63. The molecule has 2 rings (SSSR count). The van der Waals surface area contributed by atoms with Crippen LogP contribution in [0.2, 0.25) is 0 Å². The van der Waals surface area contributed by atoms with E-state index in [4.69, 9.17) is 4.74 Å². The maximum absolute atomic E-state index is 13.1. The van der Waals surface area contributed by atoms with E-state index in [0.29, 0.717) is 23.7 Å². The summed E-state index contributed by atoms with van der Waals surface area (Å²) in [5, 5.41) is 3.05. The SMILES string of the molecule is COC(=O)c1ccnc(NCc2ccc(F)cc2OC)c1. The number of hydrogen-bond acceptors (Lipinski definition) is 5. The highest BCUT2D eigenvalue weighted by Crippen LogP contribution is 2.20. The van der Waals surface area contributed by atoms with Crippen molar-refractivity contribution in [1.82, 2.24) is 4.98 Å². The first-order valence-electron chi connectivity index (χ1n) is 6.24. The zero-order chi connectivity index (χ0) is 15.2. The van der Waals surface area contributed by atoms with Crippen LogP contribution in [0.25, 0.3) is 0 Å². The molecular weight excluding hydrogens is 275 g/mol. The van der Waals surface area contributed by atoms with Gasteiger partial charge in [-0.3, -0.25) is 0 Å². The lowest BCUT2D eigenvalue weighted by molar-refractivity contribution is 0.0600. The molecule has 0 amide bonds. The van der Waals surface area contributed by atoms with Crippen LogP contribution in [0.1, 0.15) is 15.9 Å². The predicted molar refractivity (Wildman–Crippen MR) is 75.9 cm³/mol. The Morgan fingerprint density at radius 3 is 2.81 bits per heavy atom. The molecule has 0 saturated carbocycles. The summed E-state index contributed by atoms with van der Waals surface area (Å²) >= 11 is 0. The van der Waals surface area contributed by atoms with Crippen molar-refractivity contribution in [1.29, 1.82) is 0 Å². The van der Waals surface area contributed by atoms with Gasteiger partial charge in [-0.1, -0.05) is 6.07 Å². The minimum atomic E-state index is -0.431. The number of benzene rings is 1. The van der Waals surface area contributed by atoms with Crippen LogP contribution < -0.4 is 10.1 Å². The molecule has 1 heterocycles. The third-order valence-electron chi connectivity index (χ3n) is 2.89. The second kappa shape index (κ2) is 6.69. The average molecular weight is 290 g/mol. The van der Waals surface area contributed by atoms with Gasteiger partial charge in [0, 0.05) is 24.4 Å². The van der Waals surface area contributed by atoms with Gasteiger partial charge >= 0.3 is 5.97 Å². The van der Waals surface area contributed by atoms with Gasteiger partial charge in [-0.2, -0.15) is 0 Å². The Morgan fingerprint density at radius 2 is 2.10 bits per heavy atom. The van der Waals surface area contributed by atoms with Gasteiger partial charge in [0.1, 0.15) is 17.4 Å². The van der Waals surface area contributed by atoms with Crippen LogP contribution in [0, 0.1) is 5.82 Å². The molecular formula is C15H15FN2O3. The van der Waals surface area contributed by atoms with Crippen LogP contribution in [0.3, 0.4) is 0 Å². The number of nitrogens with one attached hydrogen (secondary N) is 1. The van der Waals surface area contributed by atoms with Crippen molar-refractivity contribution in [2.75, 3.05) is 19.5 Å². The fourth-order valence-electron chi connectivity index (χ4n) is 1.82. The molecule has 0 fully saturated rings. The second-order valence-corrected chi connectivity index (χ2v) is 4.23. The Balaban J connectivity index is 2.11. The van der Waals surface area contributed by atoms with E-state index in [0.717, 1.165) is 5.56 Å². The quantitative estimate of drug-likeness (QED) is 0.858. The summed E-state index contributed by atoms with van der Waals surface area (Å²) in [6.07, 6.45) is 1.51. The number of nitrogens with zero attached hydrogens (tertiary/aromatic N) is 1. The normalized spacial score (nSPS) is 10.0. The number of methoxy groups -OCH3 is 2. The van der Waals surface area contributed by atoms with Gasteiger partial charge in [0.15, 0.2) is 0 Å². The van der Waals surface area contributed by atoms with Crippen molar-refractivity contribution in [3.05, 3.63) is 53.5 Å². The van der Waals surface area contributed by atoms with Gasteiger partial charge in [-0.25, -0.2) is 14.2 Å². The Morgan fingerprint density at radius 1 is 1.29 bits per heavy atom. The summed E-state index contributed by atoms with van der Waals surface area (Å²) in [6.45, 7) is 0.390. The molecule has 1 aromatic heterocycles. The highest BCUT2D eigenvalue weighted by atomic mass is 19.1. The standard InChI is InChI=1S/C15H15FN2O3/c1-20-13-8-12(16)4-3-11(13)9-18-14-7-10(5-6-17-14)15(19)21-2/h3-8H,9H2,1-2H3,(H,17,18). The van der Waals surface area contributed by atoms with Crippen LogP contribution >= 0.6 is 0 Å². The summed E-state index contributed by atoms with van der Waals surface area (Å²) < 4.78 is 22.9. The Kier molecular flexibility index (Phi) is 4.71. The van der Waals surface area contributed by atoms with Gasteiger partial charge in [0.25, 0.3) is 0 Å². The third-order valence-corrected chi connectivity index (χ3v) is 2.89. The minimum Gasteiger partial charge on any atom is -0.496 e. The first-order valence-corrected chi connectivity index (χ1v) is 6.24. The number of esters is 1. The first-order chi connectivity index (χ1) is 10.1. The number of rotatable bonds is 5. The fourth-order valence-corrected chi connectivity index (χ4v) is 1.82. The molecule has 0 radical (unpaired) electrons. The maximum Gasteiger partial charge on any atom is 0.338 e. The summed E-state index contributed by atoms with van der Waals surface area (Å²) in [6, 6.07) is 7.45. The summed E-state index contributed by atoms with van der Waals surface area (Å²) in [5.41, 5.74) is 1.19. The summed E-state index contributed by atoms with van der Waals surface area (Å²) in [7, 11) is 2.80. The number of halogens is 1. The molecule has 0 spiro atoms. The molecule has 0 aliphatic rings. The molecule has 5 nitrogen and oxygen atoms in total. The molecule has 0 aliphatic carbocycles. The van der Waals surface area contributed by atoms with E-state index < -0.39 is 5.97 Å². The van der Waals surface area contributed by atoms with Gasteiger partial charge in [-0.05, 0) is 18.2 Å². The Bertz CT molecular complexity index is 647. The molecule has 0 atom stereocenters. The van der Waals surface area contributed by atoms with Gasteiger partial charge in [0.05, 0.1) is 19.8 Å². The molecule has 6 heteroatoms. The number of anilines is 1. The van der Waals surface area contributed by atoms with Crippen molar-refractivity contribution in [3.8, 4) is 5.75 Å². The van der Waals surface area contributed by atoms with Crippen molar-refractivity contribution >= 4 is 11.8 Å². The molecule has 0 unspecified atom stereocenters. The maximum atomic E-state index is 13.1. The summed E-state index contributed by atoms with van der Waals surface area (Å²) in [4.78, 5) is 15.5. The first kappa shape index (κ1) is 14.8. The van der Waals surface area contributed by atoms with E-state index in [1.807, 2.05) is 0 Å². The second-order valence-electron chi connectivity index (χ2n) is 4.23. The van der Waals surface area contributed by atoms with Crippen LogP contribution in [-0.4, -0.2) is 25.2 Å². The zero-order valence-electron chi connectivity index (χ0n) is 11.7. The highest BCUT2D eigenvalue weighted by Gasteiger charge is 2.08. The van der Waals surface area contributed by atoms with Gasteiger partial charge in [0.2, 0.25) is 0 Å². The molecule has 1 aromatic carbocycles. The summed E-state index contributed by atoms with van der Waals surface area (Å²) in [5.74, 6) is 0.178. The van der Waals surface area contributed by atoms with E-state index in [1.54, 1.807) is 18.2 Å². The Hall–Kier alpha value is -2.63. The lowest BCUT2D eigenvalue weighted by Gasteiger charge is -2.10. The third kappa shape index (κ3) is 3.68. The number of hydrogen-bond donors (Lipinski definition) is 1. The molecule has 0 saturated heterocycles. The molecule has 0 aliphatic heterocycles. The van der Waals surface area contributed by atoms with Crippen molar-refractivity contribution in [2.45, 2.75) is 6.54 Å². The molecule has 1 N–H and O–H groups in total. The Labute approximate surface area is 121 Å². The van der Waals surface area contributed by atoms with Gasteiger partial charge < -0.3 is 14.8 Å². The number of carbonyl (C=O) groups is 1. The van der Waals surface area contributed by atoms with Crippen LogP contribution in [0.15, 0.2) is 36.5 Å². The zero-order valence-corrected chi connectivity index (χ0v) is 11.7. The van der Waals surface area contributed by atoms with E-state index in [9.17, 15) is 9.18 Å². The van der Waals surface area contributed by atoms with Crippen LogP contribution in [0.4, 0.5) is 10.2 Å².